The molecule has 0 fully saturated rings. The molecule has 0 unspecified atom stereocenters. The van der Waals surface area contributed by atoms with Crippen molar-refractivity contribution in [3.05, 3.63) is 40.4 Å². The van der Waals surface area contributed by atoms with Gasteiger partial charge >= 0.3 is 0 Å². The molecular weight excluding hydrogens is 312 g/mol. The van der Waals surface area contributed by atoms with Crippen molar-refractivity contribution in [1.82, 2.24) is 4.98 Å². The van der Waals surface area contributed by atoms with Crippen molar-refractivity contribution in [3.63, 3.8) is 0 Å². The highest BCUT2D eigenvalue weighted by Crippen LogP contribution is 2.29. The second-order valence-electron chi connectivity index (χ2n) is 6.35. The standard InChI is InChI=1S/C17H22N2OS2/c1-11-7-6-8-12(2)15(11)19-14(20)10-22-16-18-13(9-21-16)17(3,4)5/h6-9H,10H2,1-5H3,(H,19,20). The number of hydrogen-bond donors (Lipinski definition) is 1. The van der Waals surface area contributed by atoms with Crippen LogP contribution >= 0.6 is 23.1 Å². The summed E-state index contributed by atoms with van der Waals surface area (Å²) >= 11 is 3.09. The minimum Gasteiger partial charge on any atom is -0.325 e. The summed E-state index contributed by atoms with van der Waals surface area (Å²) < 4.78 is 0.946. The summed E-state index contributed by atoms with van der Waals surface area (Å²) in [6.07, 6.45) is 0. The molecule has 0 bridgehead atoms. The number of thioether (sulfide) groups is 1. The minimum atomic E-state index is 0.00917. The highest BCUT2D eigenvalue weighted by Gasteiger charge is 2.18. The SMILES string of the molecule is Cc1cccc(C)c1NC(=O)CSc1nc(C(C)(C)C)cs1. The number of carbonyl (C=O) groups is 1. The first kappa shape index (κ1) is 17.0. The number of aromatic nitrogens is 1. The van der Waals surface area contributed by atoms with Gasteiger partial charge in [0.1, 0.15) is 0 Å². The van der Waals surface area contributed by atoms with Crippen LogP contribution in [0.15, 0.2) is 27.9 Å². The third-order valence-corrected chi connectivity index (χ3v) is 5.34. The Morgan fingerprint density at radius 2 is 1.91 bits per heavy atom. The van der Waals surface area contributed by atoms with Crippen LogP contribution in [0, 0.1) is 13.8 Å². The molecule has 2 aromatic rings. The number of aryl methyl sites for hydroxylation is 2. The van der Waals surface area contributed by atoms with Gasteiger partial charge in [0, 0.05) is 16.5 Å². The first-order valence-electron chi connectivity index (χ1n) is 7.22. The second kappa shape index (κ2) is 6.84. The molecule has 1 heterocycles. The van der Waals surface area contributed by atoms with Gasteiger partial charge < -0.3 is 5.32 Å². The average Bonchev–Trinajstić information content (AvgIpc) is 2.90. The number of carbonyl (C=O) groups excluding carboxylic acids is 1. The first-order chi connectivity index (χ1) is 10.3. The van der Waals surface area contributed by atoms with Gasteiger partial charge in [-0.2, -0.15) is 0 Å². The number of anilines is 1. The number of thiazole rings is 1. The van der Waals surface area contributed by atoms with Gasteiger partial charge in [0.25, 0.3) is 0 Å². The van der Waals surface area contributed by atoms with Crippen molar-refractivity contribution < 1.29 is 4.79 Å². The van der Waals surface area contributed by atoms with Crippen LogP contribution in [0.5, 0.6) is 0 Å². The quantitative estimate of drug-likeness (QED) is 0.818. The van der Waals surface area contributed by atoms with Crippen molar-refractivity contribution >= 4 is 34.7 Å². The van der Waals surface area contributed by atoms with Crippen LogP contribution in [-0.2, 0) is 10.2 Å². The molecule has 5 heteroatoms. The smallest absolute Gasteiger partial charge is 0.234 e. The molecule has 118 valence electrons. The van der Waals surface area contributed by atoms with E-state index < -0.39 is 0 Å². The monoisotopic (exact) mass is 334 g/mol. The van der Waals surface area contributed by atoms with E-state index in [1.165, 1.54) is 11.8 Å². The van der Waals surface area contributed by atoms with Gasteiger partial charge in [0.15, 0.2) is 4.34 Å². The molecule has 1 N–H and O–H groups in total. The van der Waals surface area contributed by atoms with Gasteiger partial charge in [0.05, 0.1) is 11.4 Å². The fourth-order valence-corrected chi connectivity index (χ4v) is 3.84. The Balaban J connectivity index is 1.95. The number of benzene rings is 1. The summed E-state index contributed by atoms with van der Waals surface area (Å²) in [7, 11) is 0. The van der Waals surface area contributed by atoms with Gasteiger partial charge in [-0.25, -0.2) is 4.98 Å². The van der Waals surface area contributed by atoms with Crippen LogP contribution < -0.4 is 5.32 Å². The van der Waals surface area contributed by atoms with E-state index in [1.807, 2.05) is 32.0 Å². The molecule has 1 aromatic carbocycles. The lowest BCUT2D eigenvalue weighted by atomic mass is 9.93. The zero-order valence-corrected chi connectivity index (χ0v) is 15.3. The molecule has 0 radical (unpaired) electrons. The summed E-state index contributed by atoms with van der Waals surface area (Å²) in [5.41, 5.74) is 4.22. The largest absolute Gasteiger partial charge is 0.325 e. The fraction of sp³-hybridized carbons (Fsp3) is 0.412. The molecule has 2 rings (SSSR count). The van der Waals surface area contributed by atoms with Gasteiger partial charge in [0.2, 0.25) is 5.91 Å². The van der Waals surface area contributed by atoms with E-state index >= 15 is 0 Å². The predicted molar refractivity (Wildman–Crippen MR) is 96.1 cm³/mol. The van der Waals surface area contributed by atoms with E-state index in [2.05, 4.69) is 36.5 Å². The Labute approximate surface area is 140 Å². The van der Waals surface area contributed by atoms with E-state index in [1.54, 1.807) is 11.3 Å². The number of para-hydroxylation sites is 1. The number of rotatable bonds is 4. The van der Waals surface area contributed by atoms with Crippen LogP contribution in [-0.4, -0.2) is 16.6 Å². The van der Waals surface area contributed by atoms with E-state index in [0.717, 1.165) is 26.8 Å². The van der Waals surface area contributed by atoms with E-state index in [-0.39, 0.29) is 11.3 Å². The number of nitrogens with zero attached hydrogens (tertiary/aromatic N) is 1. The van der Waals surface area contributed by atoms with E-state index in [9.17, 15) is 4.79 Å². The van der Waals surface area contributed by atoms with Gasteiger partial charge in [-0.1, -0.05) is 50.7 Å². The summed E-state index contributed by atoms with van der Waals surface area (Å²) in [5, 5.41) is 5.08. The van der Waals surface area contributed by atoms with E-state index in [0.29, 0.717) is 5.75 Å². The third-order valence-electron chi connectivity index (χ3n) is 3.32. The lowest BCUT2D eigenvalue weighted by Gasteiger charge is -2.14. The summed E-state index contributed by atoms with van der Waals surface area (Å²) in [4.78, 5) is 16.7. The molecule has 1 amide bonds. The summed E-state index contributed by atoms with van der Waals surface area (Å²) in [6, 6.07) is 6.01. The van der Waals surface area contributed by atoms with Crippen molar-refractivity contribution in [1.29, 1.82) is 0 Å². The minimum absolute atomic E-state index is 0.00917. The molecule has 0 atom stereocenters. The van der Waals surface area contributed by atoms with Crippen LogP contribution in [0.25, 0.3) is 0 Å². The Morgan fingerprint density at radius 1 is 1.27 bits per heavy atom. The molecule has 1 aromatic heterocycles. The first-order valence-corrected chi connectivity index (χ1v) is 9.09. The predicted octanol–water partition coefficient (Wildman–Crippen LogP) is 4.79. The van der Waals surface area contributed by atoms with Gasteiger partial charge in [-0.3, -0.25) is 4.79 Å². The molecule has 0 aliphatic carbocycles. The zero-order valence-electron chi connectivity index (χ0n) is 13.7. The molecular formula is C17H22N2OS2. The van der Waals surface area contributed by atoms with Crippen molar-refractivity contribution in [2.24, 2.45) is 0 Å². The maximum absolute atomic E-state index is 12.1. The molecule has 0 saturated carbocycles. The average molecular weight is 335 g/mol. The molecule has 22 heavy (non-hydrogen) atoms. The highest BCUT2D eigenvalue weighted by molar-refractivity contribution is 8.01. The summed E-state index contributed by atoms with van der Waals surface area (Å²) in [6.45, 7) is 10.4. The van der Waals surface area contributed by atoms with Crippen molar-refractivity contribution in [2.45, 2.75) is 44.4 Å². The third kappa shape index (κ3) is 4.34. The number of hydrogen-bond acceptors (Lipinski definition) is 4. The Kier molecular flexibility index (Phi) is 5.29. The van der Waals surface area contributed by atoms with Crippen molar-refractivity contribution in [2.75, 3.05) is 11.1 Å². The number of nitrogens with one attached hydrogen (secondary N) is 1. The molecule has 0 saturated heterocycles. The van der Waals surface area contributed by atoms with Crippen LogP contribution in [0.3, 0.4) is 0 Å². The van der Waals surface area contributed by atoms with E-state index in [4.69, 9.17) is 0 Å². The Bertz CT molecular complexity index is 651. The Hall–Kier alpha value is -1.33. The number of amides is 1. The van der Waals surface area contributed by atoms with Gasteiger partial charge in [-0.05, 0) is 25.0 Å². The topological polar surface area (TPSA) is 42.0 Å². The van der Waals surface area contributed by atoms with Crippen molar-refractivity contribution in [3.8, 4) is 0 Å². The molecule has 0 aliphatic heterocycles. The maximum atomic E-state index is 12.1. The van der Waals surface area contributed by atoms with Crippen LogP contribution in [0.4, 0.5) is 5.69 Å². The summed E-state index contributed by atoms with van der Waals surface area (Å²) in [5.74, 6) is 0.389. The zero-order chi connectivity index (χ0) is 16.3. The Morgan fingerprint density at radius 3 is 2.45 bits per heavy atom. The molecule has 3 nitrogen and oxygen atoms in total. The molecule has 0 aliphatic rings. The normalized spacial score (nSPS) is 11.5. The van der Waals surface area contributed by atoms with Gasteiger partial charge in [-0.15, -0.1) is 11.3 Å². The lowest BCUT2D eigenvalue weighted by Crippen LogP contribution is -2.15. The lowest BCUT2D eigenvalue weighted by molar-refractivity contribution is -0.113. The molecule has 0 spiro atoms. The highest BCUT2D eigenvalue weighted by atomic mass is 32.2. The second-order valence-corrected chi connectivity index (χ2v) is 8.43. The van der Waals surface area contributed by atoms with Crippen LogP contribution in [0.2, 0.25) is 0 Å². The fourth-order valence-electron chi connectivity index (χ4n) is 1.98. The van der Waals surface area contributed by atoms with Crippen LogP contribution in [0.1, 0.15) is 37.6 Å². The maximum Gasteiger partial charge on any atom is 0.234 e.